The van der Waals surface area contributed by atoms with E-state index in [1.807, 2.05) is 0 Å². The molecule has 1 amide bonds. The van der Waals surface area contributed by atoms with Gasteiger partial charge in [0.1, 0.15) is 5.75 Å². The Morgan fingerprint density at radius 3 is 2.48 bits per heavy atom. The van der Waals surface area contributed by atoms with Crippen LogP contribution in [-0.2, 0) is 14.8 Å². The van der Waals surface area contributed by atoms with Gasteiger partial charge in [0.15, 0.2) is 6.10 Å². The van der Waals surface area contributed by atoms with E-state index in [1.54, 1.807) is 36.1 Å². The van der Waals surface area contributed by atoms with Crippen LogP contribution in [0.1, 0.15) is 13.8 Å². The number of para-hydroxylation sites is 2. The Morgan fingerprint density at radius 2 is 1.84 bits per heavy atom. The lowest BCUT2D eigenvalue weighted by atomic mass is 10.2. The number of hydrogen-bond acceptors (Lipinski definition) is 5. The molecule has 1 unspecified atom stereocenters. The molecule has 25 heavy (non-hydrogen) atoms. The van der Waals surface area contributed by atoms with Gasteiger partial charge in [-0.3, -0.25) is 9.10 Å². The van der Waals surface area contributed by atoms with Crippen LogP contribution in [0.4, 0.5) is 5.69 Å². The third kappa shape index (κ3) is 3.59. The molecule has 3 rings (SSSR count). The Hall–Kier alpha value is -1.80. The maximum Gasteiger partial charge on any atom is 0.265 e. The Bertz CT molecular complexity index is 729. The number of anilines is 1. The first-order chi connectivity index (χ1) is 12.0. The molecule has 0 aliphatic carbocycles. The minimum Gasteiger partial charge on any atom is -0.476 e. The molecule has 2 aliphatic rings. The smallest absolute Gasteiger partial charge is 0.265 e. The normalized spacial score (nSPS) is 21.6. The third-order valence-corrected chi connectivity index (χ3v) is 6.59. The molecule has 7 nitrogen and oxygen atoms in total. The van der Waals surface area contributed by atoms with Crippen LogP contribution in [0, 0.1) is 0 Å². The SMILES string of the molecule is CCN1CCN(C(=O)C2CN(S(=O)(=O)CC)c3ccccc3O2)CC1. The molecule has 2 heterocycles. The molecule has 1 aromatic carbocycles. The molecule has 0 saturated carbocycles. The van der Waals surface area contributed by atoms with E-state index < -0.39 is 16.1 Å². The number of benzene rings is 1. The number of rotatable bonds is 4. The third-order valence-electron chi connectivity index (χ3n) is 4.84. The minimum atomic E-state index is -3.47. The highest BCUT2D eigenvalue weighted by Crippen LogP contribution is 2.35. The van der Waals surface area contributed by atoms with Crippen molar-refractivity contribution in [3.8, 4) is 5.75 Å². The maximum atomic E-state index is 12.9. The van der Waals surface area contributed by atoms with Crippen LogP contribution in [0.25, 0.3) is 0 Å². The van der Waals surface area contributed by atoms with Crippen molar-refractivity contribution in [2.75, 3.05) is 49.3 Å². The number of ether oxygens (including phenoxy) is 1. The molecule has 0 radical (unpaired) electrons. The van der Waals surface area contributed by atoms with Crippen molar-refractivity contribution in [1.82, 2.24) is 9.80 Å². The van der Waals surface area contributed by atoms with Crippen LogP contribution in [-0.4, -0.2) is 75.3 Å². The lowest BCUT2D eigenvalue weighted by Crippen LogP contribution is -2.56. The Kier molecular flexibility index (Phi) is 5.19. The van der Waals surface area contributed by atoms with E-state index in [1.165, 1.54) is 4.31 Å². The van der Waals surface area contributed by atoms with Gasteiger partial charge in [-0.2, -0.15) is 0 Å². The fourth-order valence-electron chi connectivity index (χ4n) is 3.24. The fourth-order valence-corrected chi connectivity index (χ4v) is 4.36. The molecular formula is C17H25N3O4S. The quantitative estimate of drug-likeness (QED) is 0.786. The van der Waals surface area contributed by atoms with Gasteiger partial charge < -0.3 is 14.5 Å². The summed E-state index contributed by atoms with van der Waals surface area (Å²) in [4.78, 5) is 16.9. The van der Waals surface area contributed by atoms with Crippen molar-refractivity contribution in [2.45, 2.75) is 20.0 Å². The fraction of sp³-hybridized carbons (Fsp3) is 0.588. The molecule has 2 aliphatic heterocycles. The van der Waals surface area contributed by atoms with Gasteiger partial charge in [0.2, 0.25) is 10.0 Å². The van der Waals surface area contributed by atoms with E-state index in [2.05, 4.69) is 11.8 Å². The number of fused-ring (bicyclic) bond motifs is 1. The van der Waals surface area contributed by atoms with Gasteiger partial charge in [0, 0.05) is 26.2 Å². The van der Waals surface area contributed by atoms with Crippen molar-refractivity contribution < 1.29 is 17.9 Å². The molecule has 0 aromatic heterocycles. The van der Waals surface area contributed by atoms with Crippen LogP contribution in [0.5, 0.6) is 5.75 Å². The van der Waals surface area contributed by atoms with Gasteiger partial charge in [0.05, 0.1) is 18.0 Å². The Labute approximate surface area is 149 Å². The number of carbonyl (C=O) groups excluding carboxylic acids is 1. The van der Waals surface area contributed by atoms with E-state index in [4.69, 9.17) is 4.74 Å². The molecule has 1 aromatic rings. The Morgan fingerprint density at radius 1 is 1.16 bits per heavy atom. The van der Waals surface area contributed by atoms with E-state index >= 15 is 0 Å². The predicted octanol–water partition coefficient (Wildman–Crippen LogP) is 0.768. The van der Waals surface area contributed by atoms with E-state index in [0.29, 0.717) is 24.5 Å². The monoisotopic (exact) mass is 367 g/mol. The first-order valence-corrected chi connectivity index (χ1v) is 10.3. The molecule has 8 heteroatoms. The summed E-state index contributed by atoms with van der Waals surface area (Å²) in [5, 5.41) is 0. The van der Waals surface area contributed by atoms with Crippen LogP contribution < -0.4 is 9.04 Å². The molecule has 0 spiro atoms. The molecule has 138 valence electrons. The first-order valence-electron chi connectivity index (χ1n) is 8.73. The lowest BCUT2D eigenvalue weighted by Gasteiger charge is -2.39. The number of piperazine rings is 1. The number of amides is 1. The first kappa shape index (κ1) is 18.0. The summed E-state index contributed by atoms with van der Waals surface area (Å²) in [7, 11) is -3.47. The average molecular weight is 367 g/mol. The number of sulfonamides is 1. The van der Waals surface area contributed by atoms with Crippen LogP contribution in [0.15, 0.2) is 24.3 Å². The lowest BCUT2D eigenvalue weighted by molar-refractivity contribution is -0.140. The van der Waals surface area contributed by atoms with Gasteiger partial charge >= 0.3 is 0 Å². The van der Waals surface area contributed by atoms with Gasteiger partial charge in [-0.15, -0.1) is 0 Å². The standard InChI is InChI=1S/C17H25N3O4S/c1-3-18-9-11-19(12-10-18)17(21)16-13-20(25(22,23)4-2)14-7-5-6-8-15(14)24-16/h5-8,16H,3-4,9-13H2,1-2H3. The summed E-state index contributed by atoms with van der Waals surface area (Å²) in [6.45, 7) is 7.67. The highest BCUT2D eigenvalue weighted by molar-refractivity contribution is 7.92. The molecule has 0 N–H and O–H groups in total. The number of nitrogens with zero attached hydrogens (tertiary/aromatic N) is 3. The van der Waals surface area contributed by atoms with Crippen molar-refractivity contribution in [3.05, 3.63) is 24.3 Å². The molecule has 1 saturated heterocycles. The van der Waals surface area contributed by atoms with Crippen molar-refractivity contribution in [3.63, 3.8) is 0 Å². The molecule has 0 bridgehead atoms. The number of carbonyl (C=O) groups is 1. The zero-order chi connectivity index (χ0) is 18.0. The van der Waals surface area contributed by atoms with Crippen molar-refractivity contribution >= 4 is 21.6 Å². The van der Waals surface area contributed by atoms with Gasteiger partial charge in [-0.25, -0.2) is 8.42 Å². The average Bonchev–Trinajstić information content (AvgIpc) is 2.66. The van der Waals surface area contributed by atoms with Crippen LogP contribution >= 0.6 is 0 Å². The summed E-state index contributed by atoms with van der Waals surface area (Å²) in [5.41, 5.74) is 0.504. The molecular weight excluding hydrogens is 342 g/mol. The topological polar surface area (TPSA) is 70.2 Å². The predicted molar refractivity (Wildman–Crippen MR) is 96.4 cm³/mol. The van der Waals surface area contributed by atoms with E-state index in [9.17, 15) is 13.2 Å². The van der Waals surface area contributed by atoms with Gasteiger partial charge in [-0.05, 0) is 25.6 Å². The van der Waals surface area contributed by atoms with Crippen LogP contribution in [0.3, 0.4) is 0 Å². The zero-order valence-corrected chi connectivity index (χ0v) is 15.5. The summed E-state index contributed by atoms with van der Waals surface area (Å²) in [6.07, 6.45) is -0.801. The second-order valence-corrected chi connectivity index (χ2v) is 8.45. The number of hydrogen-bond donors (Lipinski definition) is 0. The highest BCUT2D eigenvalue weighted by Gasteiger charge is 2.38. The minimum absolute atomic E-state index is 0.0164. The summed E-state index contributed by atoms with van der Waals surface area (Å²) < 4.78 is 32.1. The second-order valence-electron chi connectivity index (χ2n) is 6.27. The van der Waals surface area contributed by atoms with Gasteiger partial charge in [0.25, 0.3) is 5.91 Å². The second kappa shape index (κ2) is 7.21. The highest BCUT2D eigenvalue weighted by atomic mass is 32.2. The molecule has 1 atom stereocenters. The summed E-state index contributed by atoms with van der Waals surface area (Å²) >= 11 is 0. The largest absolute Gasteiger partial charge is 0.476 e. The van der Waals surface area contributed by atoms with Crippen molar-refractivity contribution in [1.29, 1.82) is 0 Å². The summed E-state index contributed by atoms with van der Waals surface area (Å²) in [6, 6.07) is 6.97. The van der Waals surface area contributed by atoms with Crippen LogP contribution in [0.2, 0.25) is 0 Å². The van der Waals surface area contributed by atoms with Gasteiger partial charge in [-0.1, -0.05) is 19.1 Å². The summed E-state index contributed by atoms with van der Waals surface area (Å²) in [5.74, 6) is 0.287. The zero-order valence-electron chi connectivity index (χ0n) is 14.7. The van der Waals surface area contributed by atoms with E-state index in [-0.39, 0.29) is 18.2 Å². The number of likely N-dealkylation sites (N-methyl/N-ethyl adjacent to an activating group) is 1. The molecule has 1 fully saturated rings. The Balaban J connectivity index is 1.81. The maximum absolute atomic E-state index is 12.9. The van der Waals surface area contributed by atoms with E-state index in [0.717, 1.165) is 19.6 Å². The van der Waals surface area contributed by atoms with Crippen molar-refractivity contribution in [2.24, 2.45) is 0 Å².